The number of rotatable bonds is 3. The third kappa shape index (κ3) is 2.23. The minimum atomic E-state index is -0.486. The molecule has 1 heterocycles. The van der Waals surface area contributed by atoms with Crippen LogP contribution in [0.25, 0.3) is 0 Å². The molecule has 0 saturated carbocycles. The van der Waals surface area contributed by atoms with Crippen LogP contribution in [0.4, 0.5) is 0 Å². The molecule has 0 radical (unpaired) electrons. The van der Waals surface area contributed by atoms with Crippen molar-refractivity contribution >= 4 is 21.9 Å². The smallest absolute Gasteiger partial charge is 0.374 e. The zero-order valence-electron chi connectivity index (χ0n) is 6.25. The lowest BCUT2D eigenvalue weighted by Gasteiger charge is -1.96. The molecule has 0 spiro atoms. The molecule has 1 rings (SSSR count). The summed E-state index contributed by atoms with van der Waals surface area (Å²) in [6.45, 7) is 3.61. The molecule has 0 amide bonds. The Balaban J connectivity index is 2.59. The number of hydrogen-bond acceptors (Lipinski definition) is 3. The molecule has 64 valence electrons. The molecule has 0 aliphatic heterocycles. The number of esters is 1. The first-order chi connectivity index (χ1) is 5.74. The second-order valence-electron chi connectivity index (χ2n) is 1.99. The van der Waals surface area contributed by atoms with Gasteiger partial charge in [0.05, 0.1) is 0 Å². The van der Waals surface area contributed by atoms with Crippen molar-refractivity contribution in [2.45, 2.75) is 0 Å². The van der Waals surface area contributed by atoms with Crippen molar-refractivity contribution in [3.63, 3.8) is 0 Å². The fourth-order valence-corrected chi connectivity index (χ4v) is 0.936. The minimum absolute atomic E-state index is 0.184. The van der Waals surface area contributed by atoms with Gasteiger partial charge in [-0.1, -0.05) is 12.7 Å². The van der Waals surface area contributed by atoms with Crippen LogP contribution in [0, 0.1) is 0 Å². The first-order valence-electron chi connectivity index (χ1n) is 3.27. The van der Waals surface area contributed by atoms with E-state index in [1.54, 1.807) is 6.07 Å². The molecule has 0 bridgehead atoms. The molecule has 0 atom stereocenters. The van der Waals surface area contributed by atoms with Crippen LogP contribution in [-0.4, -0.2) is 12.6 Å². The van der Waals surface area contributed by atoms with Gasteiger partial charge in [-0.25, -0.2) is 4.79 Å². The molecule has 1 aromatic rings. The average molecular weight is 231 g/mol. The van der Waals surface area contributed by atoms with E-state index < -0.39 is 5.97 Å². The average Bonchev–Trinajstić information content (AvgIpc) is 2.47. The van der Waals surface area contributed by atoms with E-state index >= 15 is 0 Å². The summed E-state index contributed by atoms with van der Waals surface area (Å²) in [5.41, 5.74) is 0. The quantitative estimate of drug-likeness (QED) is 0.592. The fraction of sp³-hybridized carbons (Fsp3) is 0.125. The van der Waals surface area contributed by atoms with Crippen LogP contribution >= 0.6 is 15.9 Å². The van der Waals surface area contributed by atoms with Gasteiger partial charge in [0, 0.05) is 0 Å². The lowest BCUT2D eigenvalue weighted by Crippen LogP contribution is -2.03. The third-order valence-corrected chi connectivity index (χ3v) is 1.53. The maximum absolute atomic E-state index is 11.0. The Morgan fingerprint density at radius 3 is 3.00 bits per heavy atom. The number of furan rings is 1. The number of ether oxygens (including phenoxy) is 1. The summed E-state index contributed by atoms with van der Waals surface area (Å²) in [5.74, 6) is -0.302. The summed E-state index contributed by atoms with van der Waals surface area (Å²) in [6, 6.07) is 3.17. The van der Waals surface area contributed by atoms with Crippen molar-refractivity contribution < 1.29 is 13.9 Å². The van der Waals surface area contributed by atoms with Crippen molar-refractivity contribution in [3.05, 3.63) is 35.2 Å². The normalized spacial score (nSPS) is 9.42. The Hall–Kier alpha value is -1.03. The van der Waals surface area contributed by atoms with Gasteiger partial charge in [0.15, 0.2) is 4.67 Å². The van der Waals surface area contributed by atoms with Crippen LogP contribution in [0.2, 0.25) is 0 Å². The number of halogens is 1. The standard InChI is InChI=1S/C8H7BrO3/c1-2-5-11-8(10)6-3-4-7(9)12-6/h2-4H,1,5H2. The van der Waals surface area contributed by atoms with Crippen molar-refractivity contribution in [1.82, 2.24) is 0 Å². The molecule has 0 saturated heterocycles. The highest BCUT2D eigenvalue weighted by Crippen LogP contribution is 2.14. The number of carbonyl (C=O) groups is 1. The molecule has 0 unspecified atom stereocenters. The Morgan fingerprint density at radius 1 is 1.75 bits per heavy atom. The maximum Gasteiger partial charge on any atom is 0.374 e. The van der Waals surface area contributed by atoms with Gasteiger partial charge in [-0.3, -0.25) is 0 Å². The van der Waals surface area contributed by atoms with Crippen molar-refractivity contribution in [3.8, 4) is 0 Å². The summed E-state index contributed by atoms with van der Waals surface area (Å²) in [4.78, 5) is 11.0. The summed E-state index contributed by atoms with van der Waals surface area (Å²) in [5, 5.41) is 0. The first-order valence-corrected chi connectivity index (χ1v) is 4.06. The number of carbonyl (C=O) groups excluding carboxylic acids is 1. The Kier molecular flexibility index (Phi) is 3.10. The summed E-state index contributed by atoms with van der Waals surface area (Å²) < 4.78 is 10.2. The van der Waals surface area contributed by atoms with Gasteiger partial charge >= 0.3 is 5.97 Å². The Labute approximate surface area is 78.1 Å². The predicted octanol–water partition coefficient (Wildman–Crippen LogP) is 2.38. The van der Waals surface area contributed by atoms with Gasteiger partial charge in [0.1, 0.15) is 6.61 Å². The molecule has 0 aliphatic carbocycles. The van der Waals surface area contributed by atoms with Crippen LogP contribution in [0.3, 0.4) is 0 Å². The number of hydrogen-bond donors (Lipinski definition) is 0. The molecular formula is C8H7BrO3. The molecule has 0 aliphatic rings. The third-order valence-electron chi connectivity index (χ3n) is 1.11. The van der Waals surface area contributed by atoms with Gasteiger partial charge < -0.3 is 9.15 Å². The van der Waals surface area contributed by atoms with Crippen molar-refractivity contribution in [2.24, 2.45) is 0 Å². The zero-order valence-corrected chi connectivity index (χ0v) is 7.83. The van der Waals surface area contributed by atoms with Gasteiger partial charge in [-0.2, -0.15) is 0 Å². The van der Waals surface area contributed by atoms with Crippen molar-refractivity contribution in [1.29, 1.82) is 0 Å². The van der Waals surface area contributed by atoms with E-state index in [-0.39, 0.29) is 12.4 Å². The highest BCUT2D eigenvalue weighted by atomic mass is 79.9. The molecule has 1 aromatic heterocycles. The molecular weight excluding hydrogens is 224 g/mol. The van der Waals surface area contributed by atoms with Gasteiger partial charge in [0.2, 0.25) is 5.76 Å². The van der Waals surface area contributed by atoms with Gasteiger partial charge in [-0.05, 0) is 28.1 Å². The second-order valence-corrected chi connectivity index (χ2v) is 2.77. The van der Waals surface area contributed by atoms with E-state index in [2.05, 4.69) is 22.5 Å². The minimum Gasteiger partial charge on any atom is -0.456 e. The molecule has 3 nitrogen and oxygen atoms in total. The van der Waals surface area contributed by atoms with E-state index in [0.717, 1.165) is 0 Å². The lowest BCUT2D eigenvalue weighted by atomic mass is 10.5. The fourth-order valence-electron chi connectivity index (χ4n) is 0.630. The lowest BCUT2D eigenvalue weighted by molar-refractivity contribution is 0.0512. The maximum atomic E-state index is 11.0. The van der Waals surface area contributed by atoms with Gasteiger partial charge in [-0.15, -0.1) is 0 Å². The Morgan fingerprint density at radius 2 is 2.50 bits per heavy atom. The summed E-state index contributed by atoms with van der Waals surface area (Å²) in [7, 11) is 0. The molecule has 4 heteroatoms. The van der Waals surface area contributed by atoms with Crippen LogP contribution in [0.15, 0.2) is 33.9 Å². The van der Waals surface area contributed by atoms with Crippen LogP contribution in [0.1, 0.15) is 10.6 Å². The SMILES string of the molecule is C=CCOC(=O)c1ccc(Br)o1. The van der Waals surface area contributed by atoms with E-state index in [1.165, 1.54) is 12.1 Å². The molecule has 0 fully saturated rings. The van der Waals surface area contributed by atoms with Crippen molar-refractivity contribution in [2.75, 3.05) is 6.61 Å². The van der Waals surface area contributed by atoms with Crippen LogP contribution < -0.4 is 0 Å². The summed E-state index contributed by atoms with van der Waals surface area (Å²) in [6.07, 6.45) is 1.50. The van der Waals surface area contributed by atoms with Crippen LogP contribution in [0.5, 0.6) is 0 Å². The second kappa shape index (κ2) is 4.11. The Bertz CT molecular complexity index is 290. The predicted molar refractivity (Wildman–Crippen MR) is 46.9 cm³/mol. The summed E-state index contributed by atoms with van der Waals surface area (Å²) >= 11 is 3.07. The highest BCUT2D eigenvalue weighted by Gasteiger charge is 2.10. The van der Waals surface area contributed by atoms with Crippen LogP contribution in [-0.2, 0) is 4.74 Å². The topological polar surface area (TPSA) is 39.4 Å². The molecule has 0 aromatic carbocycles. The largest absolute Gasteiger partial charge is 0.456 e. The van der Waals surface area contributed by atoms with E-state index in [0.29, 0.717) is 4.67 Å². The molecule has 12 heavy (non-hydrogen) atoms. The van der Waals surface area contributed by atoms with E-state index in [4.69, 9.17) is 9.15 Å². The van der Waals surface area contributed by atoms with E-state index in [9.17, 15) is 4.79 Å². The monoisotopic (exact) mass is 230 g/mol. The highest BCUT2D eigenvalue weighted by molar-refractivity contribution is 9.10. The van der Waals surface area contributed by atoms with Gasteiger partial charge in [0.25, 0.3) is 0 Å². The first kappa shape index (κ1) is 9.06. The molecule has 0 N–H and O–H groups in total. The van der Waals surface area contributed by atoms with E-state index in [1.807, 2.05) is 0 Å². The zero-order chi connectivity index (χ0) is 8.97.